The van der Waals surface area contributed by atoms with Crippen LogP contribution in [0.5, 0.6) is 0 Å². The fourth-order valence-electron chi connectivity index (χ4n) is 3.87. The number of imidazole rings is 1. The molecule has 1 N–H and O–H groups in total. The van der Waals surface area contributed by atoms with Crippen molar-refractivity contribution in [3.63, 3.8) is 0 Å². The van der Waals surface area contributed by atoms with E-state index in [2.05, 4.69) is 20.3 Å². The summed E-state index contributed by atoms with van der Waals surface area (Å²) in [5.41, 5.74) is 2.72. The third-order valence-corrected chi connectivity index (χ3v) is 6.53. The molecule has 1 fully saturated rings. The highest BCUT2D eigenvalue weighted by atomic mass is 32.1. The van der Waals surface area contributed by atoms with Crippen LogP contribution in [-0.4, -0.2) is 33.6 Å². The first kappa shape index (κ1) is 19.7. The summed E-state index contributed by atoms with van der Waals surface area (Å²) in [6.07, 6.45) is 3.69. The second-order valence-corrected chi connectivity index (χ2v) is 8.67. The van der Waals surface area contributed by atoms with Crippen LogP contribution in [0, 0.1) is 11.7 Å². The number of anilines is 1. The molecule has 31 heavy (non-hydrogen) atoms. The van der Waals surface area contributed by atoms with E-state index in [-0.39, 0.29) is 17.6 Å². The van der Waals surface area contributed by atoms with Gasteiger partial charge in [-0.15, -0.1) is 5.10 Å². The van der Waals surface area contributed by atoms with Gasteiger partial charge in [0.1, 0.15) is 5.82 Å². The van der Waals surface area contributed by atoms with Crippen LogP contribution in [-0.2, 0) is 11.3 Å². The lowest BCUT2D eigenvalue weighted by molar-refractivity contribution is -0.125. The Kier molecular flexibility index (Phi) is 5.38. The van der Waals surface area contributed by atoms with Gasteiger partial charge in [0.2, 0.25) is 16.0 Å². The first-order valence-electron chi connectivity index (χ1n) is 10.3. The van der Waals surface area contributed by atoms with Crippen LogP contribution in [0.25, 0.3) is 16.2 Å². The Balaban J connectivity index is 1.25. The van der Waals surface area contributed by atoms with Crippen LogP contribution in [0.2, 0.25) is 0 Å². The van der Waals surface area contributed by atoms with Gasteiger partial charge in [-0.2, -0.15) is 0 Å². The van der Waals surface area contributed by atoms with Gasteiger partial charge in [-0.1, -0.05) is 41.7 Å². The number of nitrogens with zero attached hydrogens (tertiary/aromatic N) is 4. The van der Waals surface area contributed by atoms with Gasteiger partial charge in [-0.3, -0.25) is 4.79 Å². The minimum Gasteiger partial charge on any atom is -0.352 e. The number of amides is 1. The Labute approximate surface area is 183 Å². The highest BCUT2D eigenvalue weighted by Crippen LogP contribution is 2.30. The topological polar surface area (TPSA) is 62.5 Å². The molecular formula is C23H22FN5OS. The Hall–Kier alpha value is -3.26. The normalized spacial score (nSPS) is 16.5. The van der Waals surface area contributed by atoms with E-state index in [4.69, 9.17) is 0 Å². The molecule has 2 aromatic carbocycles. The average molecular weight is 436 g/mol. The van der Waals surface area contributed by atoms with Crippen molar-refractivity contribution < 1.29 is 9.18 Å². The van der Waals surface area contributed by atoms with Crippen molar-refractivity contribution in [3.05, 3.63) is 72.2 Å². The van der Waals surface area contributed by atoms with Gasteiger partial charge in [0.05, 0.1) is 17.8 Å². The Morgan fingerprint density at radius 1 is 1.16 bits per heavy atom. The molecular weight excluding hydrogens is 413 g/mol. The maximum atomic E-state index is 13.2. The molecule has 1 atom stereocenters. The zero-order valence-electron chi connectivity index (χ0n) is 16.9. The maximum absolute atomic E-state index is 13.2. The minimum absolute atomic E-state index is 0.0524. The van der Waals surface area contributed by atoms with Crippen LogP contribution >= 0.6 is 11.3 Å². The summed E-state index contributed by atoms with van der Waals surface area (Å²) in [6.45, 7) is 2.08. The summed E-state index contributed by atoms with van der Waals surface area (Å²) in [5, 5.41) is 8.61. The van der Waals surface area contributed by atoms with Crippen molar-refractivity contribution in [2.24, 2.45) is 5.92 Å². The number of benzene rings is 2. The predicted molar refractivity (Wildman–Crippen MR) is 119 cm³/mol. The van der Waals surface area contributed by atoms with Gasteiger partial charge in [0.25, 0.3) is 0 Å². The third kappa shape index (κ3) is 4.29. The summed E-state index contributed by atoms with van der Waals surface area (Å²) >= 11 is 1.51. The number of hydrogen-bond donors (Lipinski definition) is 1. The summed E-state index contributed by atoms with van der Waals surface area (Å²) < 4.78 is 14.9. The molecule has 1 unspecified atom stereocenters. The van der Waals surface area contributed by atoms with Crippen molar-refractivity contribution in [2.45, 2.75) is 19.4 Å². The van der Waals surface area contributed by atoms with E-state index in [1.165, 1.54) is 23.5 Å². The van der Waals surface area contributed by atoms with Crippen molar-refractivity contribution in [2.75, 3.05) is 18.0 Å². The maximum Gasteiger partial charge on any atom is 0.225 e. The van der Waals surface area contributed by atoms with E-state index in [1.54, 1.807) is 16.6 Å². The smallest absolute Gasteiger partial charge is 0.225 e. The zero-order valence-corrected chi connectivity index (χ0v) is 17.7. The first-order chi connectivity index (χ1) is 15.2. The van der Waals surface area contributed by atoms with Gasteiger partial charge >= 0.3 is 0 Å². The zero-order chi connectivity index (χ0) is 21.2. The number of rotatable bonds is 5. The molecule has 1 amide bonds. The molecule has 3 heterocycles. The number of piperidine rings is 1. The monoisotopic (exact) mass is 435 g/mol. The number of aromatic nitrogens is 3. The van der Waals surface area contributed by atoms with Gasteiger partial charge in [0.15, 0.2) is 0 Å². The minimum atomic E-state index is -0.266. The highest BCUT2D eigenvalue weighted by Gasteiger charge is 2.27. The van der Waals surface area contributed by atoms with E-state index in [1.807, 2.05) is 36.5 Å². The second kappa shape index (κ2) is 8.47. The van der Waals surface area contributed by atoms with Crippen LogP contribution in [0.1, 0.15) is 18.4 Å². The summed E-state index contributed by atoms with van der Waals surface area (Å²) in [4.78, 5) is 20.3. The molecule has 0 aliphatic carbocycles. The molecule has 8 heteroatoms. The summed E-state index contributed by atoms with van der Waals surface area (Å²) in [7, 11) is 0. The Morgan fingerprint density at radius 2 is 1.97 bits per heavy atom. The van der Waals surface area contributed by atoms with Gasteiger partial charge in [-0.25, -0.2) is 13.9 Å². The third-order valence-electron chi connectivity index (χ3n) is 5.54. The Bertz CT molecular complexity index is 1160. The molecule has 1 aliphatic rings. The van der Waals surface area contributed by atoms with E-state index in [0.717, 1.165) is 46.3 Å². The fraction of sp³-hybridized carbons (Fsp3) is 0.261. The molecule has 0 bridgehead atoms. The van der Waals surface area contributed by atoms with Gasteiger partial charge in [0, 0.05) is 25.2 Å². The van der Waals surface area contributed by atoms with Crippen molar-refractivity contribution in [3.8, 4) is 11.3 Å². The number of hydrogen-bond acceptors (Lipinski definition) is 5. The van der Waals surface area contributed by atoms with Crippen LogP contribution in [0.15, 0.2) is 60.8 Å². The van der Waals surface area contributed by atoms with Crippen LogP contribution in [0.3, 0.4) is 0 Å². The lowest BCUT2D eigenvalue weighted by atomic mass is 9.97. The predicted octanol–water partition coefficient (Wildman–Crippen LogP) is 4.13. The molecule has 0 spiro atoms. The Morgan fingerprint density at radius 3 is 2.74 bits per heavy atom. The number of fused-ring (bicyclic) bond motifs is 1. The summed E-state index contributed by atoms with van der Waals surface area (Å²) in [6, 6.07) is 16.2. The fourth-order valence-corrected chi connectivity index (χ4v) is 4.79. The number of nitrogens with one attached hydrogen (secondary N) is 1. The molecule has 4 aromatic rings. The lowest BCUT2D eigenvalue weighted by Gasteiger charge is -2.31. The SMILES string of the molecule is O=C(NCc1ccccc1)C1CCCN(c2nn3cc(-c4ccc(F)cc4)nc3s2)C1. The largest absolute Gasteiger partial charge is 0.352 e. The van der Waals surface area contributed by atoms with E-state index in [9.17, 15) is 9.18 Å². The molecule has 2 aromatic heterocycles. The molecule has 0 saturated carbocycles. The van der Waals surface area contributed by atoms with E-state index in [0.29, 0.717) is 13.1 Å². The quantitative estimate of drug-likeness (QED) is 0.512. The van der Waals surface area contributed by atoms with Crippen LogP contribution < -0.4 is 10.2 Å². The molecule has 5 rings (SSSR count). The van der Waals surface area contributed by atoms with Gasteiger partial charge in [-0.05, 0) is 42.7 Å². The van der Waals surface area contributed by atoms with Crippen molar-refractivity contribution >= 4 is 27.3 Å². The van der Waals surface area contributed by atoms with Crippen molar-refractivity contribution in [1.29, 1.82) is 0 Å². The second-order valence-electron chi connectivity index (χ2n) is 7.73. The molecule has 6 nitrogen and oxygen atoms in total. The number of carbonyl (C=O) groups is 1. The standard InChI is InChI=1S/C23H22FN5OS/c24-19-10-8-17(9-11-19)20-15-29-22(26-20)31-23(27-29)28-12-4-7-18(14-28)21(30)25-13-16-5-2-1-3-6-16/h1-3,5-6,8-11,15,18H,4,7,12-14H2,(H,25,30). The van der Waals surface area contributed by atoms with Gasteiger partial charge < -0.3 is 10.2 Å². The first-order valence-corrected chi connectivity index (χ1v) is 11.2. The van der Waals surface area contributed by atoms with E-state index >= 15 is 0 Å². The molecule has 158 valence electrons. The van der Waals surface area contributed by atoms with E-state index < -0.39 is 0 Å². The summed E-state index contributed by atoms with van der Waals surface area (Å²) in [5.74, 6) is -0.227. The molecule has 1 aliphatic heterocycles. The molecule has 1 saturated heterocycles. The molecule has 0 radical (unpaired) electrons. The number of halogens is 1. The van der Waals surface area contributed by atoms with Crippen molar-refractivity contribution in [1.82, 2.24) is 19.9 Å². The van der Waals surface area contributed by atoms with Crippen LogP contribution in [0.4, 0.5) is 9.52 Å². The lowest BCUT2D eigenvalue weighted by Crippen LogP contribution is -2.43. The average Bonchev–Trinajstić information content (AvgIpc) is 3.38. The number of carbonyl (C=O) groups excluding carboxylic acids is 1. The highest BCUT2D eigenvalue weighted by molar-refractivity contribution is 7.20.